The summed E-state index contributed by atoms with van der Waals surface area (Å²) in [7, 11) is 0. The van der Waals surface area contributed by atoms with Crippen molar-refractivity contribution in [3.05, 3.63) is 32.4 Å². The van der Waals surface area contributed by atoms with Crippen LogP contribution in [0.25, 0.3) is 0 Å². The summed E-state index contributed by atoms with van der Waals surface area (Å²) >= 11 is 3.46. The van der Waals surface area contributed by atoms with Crippen LogP contribution in [0.2, 0.25) is 0 Å². The first-order valence-electron chi connectivity index (χ1n) is 4.92. The molecule has 0 fully saturated rings. The van der Waals surface area contributed by atoms with E-state index in [1.807, 2.05) is 0 Å². The highest BCUT2D eigenvalue weighted by molar-refractivity contribution is 7.12. The highest BCUT2D eigenvalue weighted by Gasteiger charge is 2.05. The lowest BCUT2D eigenvalue weighted by Gasteiger charge is -1.90. The summed E-state index contributed by atoms with van der Waals surface area (Å²) in [5, 5.41) is 12.6. The van der Waals surface area contributed by atoms with Crippen molar-refractivity contribution in [3.8, 4) is 0 Å². The van der Waals surface area contributed by atoms with Crippen LogP contribution in [0.4, 0.5) is 0 Å². The molecular weight excluding hydrogens is 226 g/mol. The Morgan fingerprint density at radius 1 is 1.27 bits per heavy atom. The number of aryl methyl sites for hydroxylation is 1. The molecule has 0 spiro atoms. The fourth-order valence-corrected chi connectivity index (χ4v) is 2.99. The van der Waals surface area contributed by atoms with Gasteiger partial charge in [0.05, 0.1) is 0 Å². The van der Waals surface area contributed by atoms with Crippen LogP contribution >= 0.6 is 22.7 Å². The standard InChI is InChI=1S/C10H13N3S2/c11-5-1-4-9-12-13-10(15-9)7-8-3-2-6-14-8/h2-3,6H,1,4-5,7,11H2. The van der Waals surface area contributed by atoms with Gasteiger partial charge in [-0.15, -0.1) is 32.9 Å². The Labute approximate surface area is 97.0 Å². The summed E-state index contributed by atoms with van der Waals surface area (Å²) in [6.45, 7) is 0.722. The Bertz CT molecular complexity index is 394. The molecule has 15 heavy (non-hydrogen) atoms. The molecule has 2 rings (SSSR count). The van der Waals surface area contributed by atoms with Crippen molar-refractivity contribution in [2.45, 2.75) is 19.3 Å². The fraction of sp³-hybridized carbons (Fsp3) is 0.400. The van der Waals surface area contributed by atoms with Gasteiger partial charge in [0.2, 0.25) is 0 Å². The first kappa shape index (κ1) is 10.7. The third kappa shape index (κ3) is 3.09. The third-order valence-corrected chi connectivity index (χ3v) is 3.87. The van der Waals surface area contributed by atoms with E-state index in [1.165, 1.54) is 4.88 Å². The molecule has 0 aliphatic rings. The Balaban J connectivity index is 1.95. The zero-order chi connectivity index (χ0) is 10.5. The summed E-state index contributed by atoms with van der Waals surface area (Å²) in [6.07, 6.45) is 2.87. The SMILES string of the molecule is NCCCc1nnc(Cc2cccs2)s1. The molecule has 0 saturated carbocycles. The van der Waals surface area contributed by atoms with Crippen LogP contribution in [0.5, 0.6) is 0 Å². The number of hydrogen-bond acceptors (Lipinski definition) is 5. The first-order chi connectivity index (χ1) is 7.38. The van der Waals surface area contributed by atoms with Crippen molar-refractivity contribution in [1.29, 1.82) is 0 Å². The quantitative estimate of drug-likeness (QED) is 0.869. The van der Waals surface area contributed by atoms with Crippen molar-refractivity contribution >= 4 is 22.7 Å². The maximum Gasteiger partial charge on any atom is 0.122 e. The normalized spacial score (nSPS) is 10.7. The lowest BCUT2D eigenvalue weighted by Crippen LogP contribution is -1.99. The van der Waals surface area contributed by atoms with E-state index in [-0.39, 0.29) is 0 Å². The minimum absolute atomic E-state index is 0.722. The second-order valence-corrected chi connectivity index (χ2v) is 5.42. The molecule has 3 nitrogen and oxygen atoms in total. The van der Waals surface area contributed by atoms with E-state index < -0.39 is 0 Å². The molecule has 2 aromatic heterocycles. The Kier molecular flexibility index (Phi) is 3.82. The number of hydrogen-bond donors (Lipinski definition) is 1. The lowest BCUT2D eigenvalue weighted by atomic mass is 10.3. The van der Waals surface area contributed by atoms with Crippen molar-refractivity contribution in [1.82, 2.24) is 10.2 Å². The van der Waals surface area contributed by atoms with Gasteiger partial charge in [-0.2, -0.15) is 0 Å². The summed E-state index contributed by atoms with van der Waals surface area (Å²) in [4.78, 5) is 1.34. The Morgan fingerprint density at radius 2 is 2.13 bits per heavy atom. The van der Waals surface area contributed by atoms with E-state index in [0.717, 1.165) is 35.8 Å². The minimum atomic E-state index is 0.722. The average Bonchev–Trinajstić information content (AvgIpc) is 2.87. The Morgan fingerprint density at radius 3 is 2.87 bits per heavy atom. The summed E-state index contributed by atoms with van der Waals surface area (Å²) in [6, 6.07) is 4.20. The molecule has 2 heterocycles. The maximum absolute atomic E-state index is 5.45. The molecule has 0 aliphatic carbocycles. The fourth-order valence-electron chi connectivity index (χ4n) is 1.28. The van der Waals surface area contributed by atoms with E-state index in [9.17, 15) is 0 Å². The van der Waals surface area contributed by atoms with E-state index >= 15 is 0 Å². The third-order valence-electron chi connectivity index (χ3n) is 2.01. The van der Waals surface area contributed by atoms with Gasteiger partial charge in [0.1, 0.15) is 10.0 Å². The smallest absolute Gasteiger partial charge is 0.122 e. The predicted molar refractivity (Wildman–Crippen MR) is 64.4 cm³/mol. The van der Waals surface area contributed by atoms with E-state index in [1.54, 1.807) is 22.7 Å². The molecule has 0 unspecified atom stereocenters. The zero-order valence-electron chi connectivity index (χ0n) is 8.35. The van der Waals surface area contributed by atoms with Gasteiger partial charge in [0.15, 0.2) is 0 Å². The molecule has 0 aliphatic heterocycles. The molecule has 2 N–H and O–H groups in total. The van der Waals surface area contributed by atoms with Gasteiger partial charge in [-0.25, -0.2) is 0 Å². The van der Waals surface area contributed by atoms with E-state index in [4.69, 9.17) is 5.73 Å². The number of rotatable bonds is 5. The number of nitrogens with two attached hydrogens (primary N) is 1. The number of thiophene rings is 1. The second-order valence-electron chi connectivity index (χ2n) is 3.24. The molecule has 80 valence electrons. The van der Waals surface area contributed by atoms with Crippen LogP contribution in [0.15, 0.2) is 17.5 Å². The van der Waals surface area contributed by atoms with Gasteiger partial charge in [-0.05, 0) is 24.4 Å². The van der Waals surface area contributed by atoms with Crippen molar-refractivity contribution in [3.63, 3.8) is 0 Å². The van der Waals surface area contributed by atoms with Crippen LogP contribution in [0.3, 0.4) is 0 Å². The Hall–Kier alpha value is -0.780. The van der Waals surface area contributed by atoms with Crippen LogP contribution < -0.4 is 5.73 Å². The van der Waals surface area contributed by atoms with Gasteiger partial charge in [-0.1, -0.05) is 6.07 Å². The van der Waals surface area contributed by atoms with Gasteiger partial charge < -0.3 is 5.73 Å². The zero-order valence-corrected chi connectivity index (χ0v) is 9.98. The molecule has 0 atom stereocenters. The number of aromatic nitrogens is 2. The van der Waals surface area contributed by atoms with Gasteiger partial charge in [0, 0.05) is 17.7 Å². The molecule has 0 amide bonds. The van der Waals surface area contributed by atoms with Gasteiger partial charge >= 0.3 is 0 Å². The van der Waals surface area contributed by atoms with Crippen LogP contribution in [-0.2, 0) is 12.8 Å². The van der Waals surface area contributed by atoms with Crippen LogP contribution in [-0.4, -0.2) is 16.7 Å². The molecular formula is C10H13N3S2. The average molecular weight is 239 g/mol. The van der Waals surface area contributed by atoms with E-state index in [2.05, 4.69) is 27.7 Å². The topological polar surface area (TPSA) is 51.8 Å². The van der Waals surface area contributed by atoms with Gasteiger partial charge in [0.25, 0.3) is 0 Å². The molecule has 2 aromatic rings. The van der Waals surface area contributed by atoms with Crippen molar-refractivity contribution in [2.24, 2.45) is 5.73 Å². The molecule has 0 saturated heterocycles. The summed E-state index contributed by atoms with van der Waals surface area (Å²) in [5.41, 5.74) is 5.45. The monoisotopic (exact) mass is 239 g/mol. The minimum Gasteiger partial charge on any atom is -0.330 e. The summed E-state index contributed by atoms with van der Waals surface area (Å²) in [5.74, 6) is 0. The van der Waals surface area contributed by atoms with Crippen molar-refractivity contribution < 1.29 is 0 Å². The number of nitrogens with zero attached hydrogens (tertiary/aromatic N) is 2. The molecule has 5 heteroatoms. The molecule has 0 aromatic carbocycles. The van der Waals surface area contributed by atoms with Crippen molar-refractivity contribution in [2.75, 3.05) is 6.54 Å². The van der Waals surface area contributed by atoms with Crippen LogP contribution in [0, 0.1) is 0 Å². The highest BCUT2D eigenvalue weighted by atomic mass is 32.1. The van der Waals surface area contributed by atoms with Gasteiger partial charge in [-0.3, -0.25) is 0 Å². The maximum atomic E-state index is 5.45. The summed E-state index contributed by atoms with van der Waals surface area (Å²) < 4.78 is 0. The first-order valence-corrected chi connectivity index (χ1v) is 6.62. The molecule has 0 radical (unpaired) electrons. The predicted octanol–water partition coefficient (Wildman–Crippen LogP) is 2.08. The molecule has 0 bridgehead atoms. The largest absolute Gasteiger partial charge is 0.330 e. The highest BCUT2D eigenvalue weighted by Crippen LogP contribution is 2.18. The second kappa shape index (κ2) is 5.34. The van der Waals surface area contributed by atoms with Crippen LogP contribution in [0.1, 0.15) is 21.3 Å². The lowest BCUT2D eigenvalue weighted by molar-refractivity contribution is 0.809. The van der Waals surface area contributed by atoms with E-state index in [0.29, 0.717) is 0 Å².